The summed E-state index contributed by atoms with van der Waals surface area (Å²) in [6.07, 6.45) is 0.509. The van der Waals surface area contributed by atoms with Crippen molar-refractivity contribution < 1.29 is 9.22 Å². The van der Waals surface area contributed by atoms with Crippen molar-refractivity contribution in [2.24, 2.45) is 5.73 Å². The van der Waals surface area contributed by atoms with Gasteiger partial charge in [-0.15, -0.1) is 0 Å². The van der Waals surface area contributed by atoms with E-state index in [9.17, 15) is 4.79 Å². The number of hydrogen-bond acceptors (Lipinski definition) is 3. The van der Waals surface area contributed by atoms with Gasteiger partial charge in [0, 0.05) is 5.69 Å². The molecule has 1 amide bonds. The van der Waals surface area contributed by atoms with Crippen LogP contribution in [0.1, 0.15) is 31.9 Å². The van der Waals surface area contributed by atoms with Crippen molar-refractivity contribution in [3.63, 3.8) is 0 Å². The van der Waals surface area contributed by atoms with Gasteiger partial charge in [-0.1, -0.05) is 69.3 Å². The molecule has 4 nitrogen and oxygen atoms in total. The second kappa shape index (κ2) is 8.82. The number of carbonyl (C=O) groups excluding carboxylic acids is 1. The zero-order chi connectivity index (χ0) is 20.1. The van der Waals surface area contributed by atoms with E-state index >= 15 is 0 Å². The van der Waals surface area contributed by atoms with E-state index in [1.165, 1.54) is 0 Å². The van der Waals surface area contributed by atoms with Crippen LogP contribution in [0.2, 0.25) is 18.1 Å². The van der Waals surface area contributed by atoms with E-state index in [2.05, 4.69) is 39.2 Å². The Morgan fingerprint density at radius 2 is 1.67 bits per heavy atom. The fraction of sp³-hybridized carbons (Fsp3) is 0.409. The predicted octanol–water partition coefficient (Wildman–Crippen LogP) is 4.72. The van der Waals surface area contributed by atoms with Crippen LogP contribution in [0.3, 0.4) is 0 Å². The number of hydrogen-bond donors (Lipinski definition) is 2. The van der Waals surface area contributed by atoms with E-state index < -0.39 is 14.4 Å². The summed E-state index contributed by atoms with van der Waals surface area (Å²) in [5, 5.41) is 3.12. The van der Waals surface area contributed by atoms with Gasteiger partial charge in [0.1, 0.15) is 0 Å². The maximum atomic E-state index is 12.6. The third-order valence-electron chi connectivity index (χ3n) is 5.31. The van der Waals surface area contributed by atoms with Crippen molar-refractivity contribution in [1.82, 2.24) is 0 Å². The molecular weight excluding hydrogens is 352 g/mol. The Morgan fingerprint density at radius 1 is 1.07 bits per heavy atom. The second-order valence-corrected chi connectivity index (χ2v) is 13.3. The number of benzene rings is 2. The minimum atomic E-state index is -1.86. The van der Waals surface area contributed by atoms with Crippen molar-refractivity contribution in [3.05, 3.63) is 65.7 Å². The summed E-state index contributed by atoms with van der Waals surface area (Å²) < 4.78 is 6.31. The van der Waals surface area contributed by atoms with Gasteiger partial charge in [0.25, 0.3) is 0 Å². The summed E-state index contributed by atoms with van der Waals surface area (Å²) in [7, 11) is -1.86. The Hall–Kier alpha value is -1.95. The third kappa shape index (κ3) is 6.02. The molecule has 2 rings (SSSR count). The van der Waals surface area contributed by atoms with Gasteiger partial charge in [0.15, 0.2) is 8.32 Å². The number of para-hydroxylation sites is 1. The molecule has 3 N–H and O–H groups in total. The number of nitrogens with one attached hydrogen (secondary N) is 1. The highest BCUT2D eigenvalue weighted by molar-refractivity contribution is 6.74. The molecule has 2 aromatic carbocycles. The Morgan fingerprint density at radius 3 is 2.30 bits per heavy atom. The fourth-order valence-electron chi connectivity index (χ4n) is 2.43. The van der Waals surface area contributed by atoms with Gasteiger partial charge in [-0.25, -0.2) is 0 Å². The summed E-state index contributed by atoms with van der Waals surface area (Å²) in [4.78, 5) is 12.6. The largest absolute Gasteiger partial charge is 0.412 e. The average Bonchev–Trinajstić information content (AvgIpc) is 2.61. The molecule has 0 radical (unpaired) electrons. The molecule has 27 heavy (non-hydrogen) atoms. The molecule has 0 aromatic heterocycles. The lowest BCUT2D eigenvalue weighted by Crippen LogP contribution is -2.40. The standard InChI is InChI=1S/C22H32N2O2Si/c1-22(2,3)27(4,5)26-16-18-13-9-10-14-20(18)24-21(25)19(23)15-17-11-7-6-8-12-17/h6-14,19H,15-16,23H2,1-5H3,(H,24,25). The van der Waals surface area contributed by atoms with E-state index in [0.29, 0.717) is 13.0 Å². The van der Waals surface area contributed by atoms with Gasteiger partial charge < -0.3 is 15.5 Å². The molecule has 0 aliphatic carbocycles. The average molecular weight is 385 g/mol. The highest BCUT2D eigenvalue weighted by atomic mass is 28.4. The Kier molecular flexibility index (Phi) is 6.98. The van der Waals surface area contributed by atoms with Gasteiger partial charge >= 0.3 is 0 Å². The van der Waals surface area contributed by atoms with Crippen LogP contribution in [0.5, 0.6) is 0 Å². The fourth-order valence-corrected chi connectivity index (χ4v) is 3.38. The minimum absolute atomic E-state index is 0.142. The summed E-state index contributed by atoms with van der Waals surface area (Å²) in [5.41, 5.74) is 8.90. The molecule has 0 bridgehead atoms. The number of anilines is 1. The monoisotopic (exact) mass is 384 g/mol. The van der Waals surface area contributed by atoms with Crippen LogP contribution >= 0.6 is 0 Å². The molecule has 5 heteroatoms. The highest BCUT2D eigenvalue weighted by Gasteiger charge is 2.37. The van der Waals surface area contributed by atoms with E-state index in [-0.39, 0.29) is 10.9 Å². The zero-order valence-corrected chi connectivity index (χ0v) is 18.1. The van der Waals surface area contributed by atoms with Crippen LogP contribution in [0.4, 0.5) is 5.69 Å². The Balaban J connectivity index is 2.03. The normalized spacial score (nSPS) is 13.3. The van der Waals surface area contributed by atoms with Crippen molar-refractivity contribution in [2.75, 3.05) is 5.32 Å². The summed E-state index contributed by atoms with van der Waals surface area (Å²) in [5.74, 6) is -0.182. The van der Waals surface area contributed by atoms with E-state index in [4.69, 9.17) is 10.2 Å². The number of nitrogens with two attached hydrogens (primary N) is 1. The van der Waals surface area contributed by atoms with E-state index in [1.807, 2.05) is 54.6 Å². The minimum Gasteiger partial charge on any atom is -0.412 e. The number of carbonyl (C=O) groups is 1. The molecule has 1 atom stereocenters. The molecule has 2 aromatic rings. The van der Waals surface area contributed by atoms with Crippen LogP contribution < -0.4 is 11.1 Å². The smallest absolute Gasteiger partial charge is 0.241 e. The number of amides is 1. The van der Waals surface area contributed by atoms with E-state index in [0.717, 1.165) is 16.8 Å². The summed E-state index contributed by atoms with van der Waals surface area (Å²) in [6.45, 7) is 11.6. The predicted molar refractivity (Wildman–Crippen MR) is 115 cm³/mol. The van der Waals surface area contributed by atoms with Gasteiger partial charge in [-0.3, -0.25) is 4.79 Å². The summed E-state index contributed by atoms with van der Waals surface area (Å²) in [6, 6.07) is 17.0. The highest BCUT2D eigenvalue weighted by Crippen LogP contribution is 2.37. The molecule has 0 fully saturated rings. The van der Waals surface area contributed by atoms with Crippen LogP contribution in [0.25, 0.3) is 0 Å². The maximum Gasteiger partial charge on any atom is 0.241 e. The van der Waals surface area contributed by atoms with Crippen molar-refractivity contribution in [1.29, 1.82) is 0 Å². The Bertz CT molecular complexity index is 754. The first kappa shape index (κ1) is 21.3. The van der Waals surface area contributed by atoms with Gasteiger partial charge in [0.05, 0.1) is 12.6 Å². The van der Waals surface area contributed by atoms with Crippen molar-refractivity contribution >= 4 is 19.9 Å². The molecule has 1 unspecified atom stereocenters. The molecule has 146 valence electrons. The van der Waals surface area contributed by atoms with Crippen LogP contribution in [0, 0.1) is 0 Å². The number of rotatable bonds is 7. The molecular formula is C22H32N2O2Si. The van der Waals surface area contributed by atoms with Crippen LogP contribution in [-0.4, -0.2) is 20.3 Å². The summed E-state index contributed by atoms with van der Waals surface area (Å²) >= 11 is 0. The molecule has 0 saturated heterocycles. The first-order valence-corrected chi connectivity index (χ1v) is 12.3. The van der Waals surface area contributed by atoms with E-state index in [1.54, 1.807) is 0 Å². The van der Waals surface area contributed by atoms with Crippen molar-refractivity contribution in [2.45, 2.75) is 58.0 Å². The molecule has 0 heterocycles. The lowest BCUT2D eigenvalue weighted by molar-refractivity contribution is -0.117. The molecule has 0 spiro atoms. The molecule has 0 saturated carbocycles. The zero-order valence-electron chi connectivity index (χ0n) is 17.1. The maximum absolute atomic E-state index is 12.6. The van der Waals surface area contributed by atoms with Gasteiger partial charge in [-0.05, 0) is 41.7 Å². The second-order valence-electron chi connectivity index (χ2n) is 8.49. The van der Waals surface area contributed by atoms with Crippen LogP contribution in [0.15, 0.2) is 54.6 Å². The third-order valence-corrected chi connectivity index (χ3v) is 9.78. The lowest BCUT2D eigenvalue weighted by Gasteiger charge is -2.36. The van der Waals surface area contributed by atoms with Crippen LogP contribution in [-0.2, 0) is 22.2 Å². The quantitative estimate of drug-likeness (QED) is 0.679. The first-order chi connectivity index (χ1) is 12.6. The lowest BCUT2D eigenvalue weighted by atomic mass is 10.1. The van der Waals surface area contributed by atoms with Gasteiger partial charge in [-0.2, -0.15) is 0 Å². The Labute approximate surface area is 164 Å². The van der Waals surface area contributed by atoms with Crippen molar-refractivity contribution in [3.8, 4) is 0 Å². The molecule has 0 aliphatic heterocycles. The first-order valence-electron chi connectivity index (χ1n) is 9.42. The SMILES string of the molecule is CC(C)(C)[Si](C)(C)OCc1ccccc1NC(=O)C(N)Cc1ccccc1. The van der Waals surface area contributed by atoms with Gasteiger partial charge in [0.2, 0.25) is 5.91 Å². The molecule has 0 aliphatic rings. The topological polar surface area (TPSA) is 64.3 Å².